The van der Waals surface area contributed by atoms with Gasteiger partial charge in [0.25, 0.3) is 0 Å². The minimum Gasteiger partial charge on any atom is -0.359 e. The Hall–Kier alpha value is -0.963. The third-order valence-electron chi connectivity index (χ3n) is 3.90. The lowest BCUT2D eigenvalue weighted by atomic mass is 10.1. The Morgan fingerprint density at radius 1 is 1.16 bits per heavy atom. The number of pyridine rings is 1. The average molecular weight is 486 g/mol. The van der Waals surface area contributed by atoms with Gasteiger partial charge in [0.15, 0.2) is 0 Å². The molecule has 25 heavy (non-hydrogen) atoms. The third-order valence-corrected chi connectivity index (χ3v) is 6.86. The van der Waals surface area contributed by atoms with Gasteiger partial charge in [0.1, 0.15) is 26.6 Å². The standard InChI is InChI=1S/C18H21ClIN3OSi/c1-25(2,3)10-9-24-12-23-18(20)17-16(22-23)14(11-15(19)21-17)13-7-5-4-6-8-13/h4-8,11H,9-10,12H2,1-3H3. The Morgan fingerprint density at radius 3 is 2.56 bits per heavy atom. The molecule has 0 N–H and O–H groups in total. The quantitative estimate of drug-likeness (QED) is 0.195. The number of hydrogen-bond acceptors (Lipinski definition) is 3. The van der Waals surface area contributed by atoms with Crippen LogP contribution in [0.25, 0.3) is 22.2 Å². The average Bonchev–Trinajstić information content (AvgIpc) is 2.87. The van der Waals surface area contributed by atoms with Gasteiger partial charge in [0.05, 0.1) is 0 Å². The molecule has 3 rings (SSSR count). The van der Waals surface area contributed by atoms with Crippen molar-refractivity contribution in [2.24, 2.45) is 0 Å². The molecule has 2 heterocycles. The van der Waals surface area contributed by atoms with Crippen LogP contribution in [0.15, 0.2) is 36.4 Å². The topological polar surface area (TPSA) is 39.9 Å². The van der Waals surface area contributed by atoms with Gasteiger partial charge < -0.3 is 4.74 Å². The van der Waals surface area contributed by atoms with Gasteiger partial charge in [0.2, 0.25) is 0 Å². The fourth-order valence-electron chi connectivity index (χ4n) is 2.49. The number of fused-ring (bicyclic) bond motifs is 1. The molecule has 0 radical (unpaired) electrons. The number of rotatable bonds is 6. The van der Waals surface area contributed by atoms with Crippen LogP contribution in [0.1, 0.15) is 0 Å². The van der Waals surface area contributed by atoms with E-state index in [0.29, 0.717) is 11.9 Å². The molecule has 0 unspecified atom stereocenters. The van der Waals surface area contributed by atoms with Crippen LogP contribution in [0.4, 0.5) is 0 Å². The summed E-state index contributed by atoms with van der Waals surface area (Å²) in [6.45, 7) is 8.24. The number of hydrogen-bond donors (Lipinski definition) is 0. The first-order valence-corrected chi connectivity index (χ1v) is 13.4. The van der Waals surface area contributed by atoms with Crippen molar-refractivity contribution in [1.29, 1.82) is 0 Å². The number of benzene rings is 1. The van der Waals surface area contributed by atoms with Crippen LogP contribution in [-0.4, -0.2) is 29.4 Å². The fraction of sp³-hybridized carbons (Fsp3) is 0.333. The first-order valence-electron chi connectivity index (χ1n) is 8.21. The van der Waals surface area contributed by atoms with E-state index >= 15 is 0 Å². The Labute approximate surface area is 167 Å². The van der Waals surface area contributed by atoms with E-state index in [0.717, 1.165) is 38.5 Å². The molecule has 2 aromatic heterocycles. The monoisotopic (exact) mass is 485 g/mol. The summed E-state index contributed by atoms with van der Waals surface area (Å²) in [6, 6.07) is 13.2. The Kier molecular flexibility index (Phi) is 5.82. The molecule has 0 spiro atoms. The predicted molar refractivity (Wildman–Crippen MR) is 115 cm³/mol. The molecule has 0 aliphatic carbocycles. The minimum absolute atomic E-state index is 0.435. The van der Waals surface area contributed by atoms with Crippen molar-refractivity contribution in [3.8, 4) is 11.1 Å². The summed E-state index contributed by atoms with van der Waals surface area (Å²) in [5.74, 6) is 0. The molecule has 0 aliphatic heterocycles. The smallest absolute Gasteiger partial charge is 0.140 e. The summed E-state index contributed by atoms with van der Waals surface area (Å²) in [5.41, 5.74) is 3.75. The molecule has 132 valence electrons. The van der Waals surface area contributed by atoms with Gasteiger partial charge in [-0.25, -0.2) is 9.67 Å². The van der Waals surface area contributed by atoms with Gasteiger partial charge in [-0.1, -0.05) is 61.6 Å². The number of nitrogens with zero attached hydrogens (tertiary/aromatic N) is 3. The summed E-state index contributed by atoms with van der Waals surface area (Å²) >= 11 is 8.52. The van der Waals surface area contributed by atoms with Crippen molar-refractivity contribution in [2.45, 2.75) is 32.4 Å². The maximum atomic E-state index is 6.25. The summed E-state index contributed by atoms with van der Waals surface area (Å²) in [5, 5.41) is 5.21. The van der Waals surface area contributed by atoms with Crippen LogP contribution in [-0.2, 0) is 11.5 Å². The van der Waals surface area contributed by atoms with Gasteiger partial charge in [0, 0.05) is 20.2 Å². The van der Waals surface area contributed by atoms with E-state index in [1.807, 2.05) is 28.9 Å². The molecule has 0 aliphatic rings. The highest BCUT2D eigenvalue weighted by molar-refractivity contribution is 14.1. The lowest BCUT2D eigenvalue weighted by Crippen LogP contribution is -2.22. The second-order valence-electron chi connectivity index (χ2n) is 7.19. The predicted octanol–water partition coefficient (Wildman–Crippen LogP) is 5.67. The second-order valence-corrected chi connectivity index (χ2v) is 14.2. The van der Waals surface area contributed by atoms with Crippen molar-refractivity contribution in [3.05, 3.63) is 45.3 Å². The molecule has 0 atom stereocenters. The highest BCUT2D eigenvalue weighted by atomic mass is 127. The van der Waals surface area contributed by atoms with E-state index in [2.05, 4.69) is 59.3 Å². The van der Waals surface area contributed by atoms with Crippen LogP contribution < -0.4 is 0 Å². The van der Waals surface area contributed by atoms with Crippen molar-refractivity contribution >= 4 is 53.3 Å². The SMILES string of the molecule is C[Si](C)(C)CCOCn1nc2c(-c3ccccc3)cc(Cl)nc2c1I. The van der Waals surface area contributed by atoms with Crippen LogP contribution in [0.5, 0.6) is 0 Å². The number of ether oxygens (including phenoxy) is 1. The molecular formula is C18H21ClIN3OSi. The molecule has 0 saturated carbocycles. The van der Waals surface area contributed by atoms with E-state index in [9.17, 15) is 0 Å². The normalized spacial score (nSPS) is 12.0. The molecule has 0 amide bonds. The maximum absolute atomic E-state index is 6.25. The van der Waals surface area contributed by atoms with Crippen molar-refractivity contribution in [3.63, 3.8) is 0 Å². The zero-order chi connectivity index (χ0) is 18.0. The zero-order valence-electron chi connectivity index (χ0n) is 14.6. The first kappa shape index (κ1) is 18.8. The largest absolute Gasteiger partial charge is 0.359 e. The van der Waals surface area contributed by atoms with E-state index < -0.39 is 8.07 Å². The van der Waals surface area contributed by atoms with E-state index in [-0.39, 0.29) is 0 Å². The Bertz CT molecular complexity index is 877. The summed E-state index contributed by atoms with van der Waals surface area (Å²) in [4.78, 5) is 4.48. The van der Waals surface area contributed by atoms with Crippen LogP contribution >= 0.6 is 34.2 Å². The summed E-state index contributed by atoms with van der Waals surface area (Å²) < 4.78 is 8.66. The Balaban J connectivity index is 1.91. The van der Waals surface area contributed by atoms with Crippen molar-refractivity contribution < 1.29 is 4.74 Å². The number of halogens is 2. The van der Waals surface area contributed by atoms with Crippen LogP contribution in [0.2, 0.25) is 30.8 Å². The van der Waals surface area contributed by atoms with Gasteiger partial charge in [-0.2, -0.15) is 5.10 Å². The lowest BCUT2D eigenvalue weighted by molar-refractivity contribution is 0.0773. The van der Waals surface area contributed by atoms with E-state index in [1.165, 1.54) is 0 Å². The molecule has 1 aromatic carbocycles. The fourth-order valence-corrected chi connectivity index (χ4v) is 4.07. The lowest BCUT2D eigenvalue weighted by Gasteiger charge is -2.15. The zero-order valence-corrected chi connectivity index (χ0v) is 18.5. The molecular weight excluding hydrogens is 465 g/mol. The van der Waals surface area contributed by atoms with Crippen molar-refractivity contribution in [2.75, 3.05) is 6.61 Å². The maximum Gasteiger partial charge on any atom is 0.140 e. The van der Waals surface area contributed by atoms with E-state index in [1.54, 1.807) is 0 Å². The Morgan fingerprint density at radius 2 is 1.88 bits per heavy atom. The highest BCUT2D eigenvalue weighted by Crippen LogP contribution is 2.31. The molecule has 0 fully saturated rings. The van der Waals surface area contributed by atoms with Gasteiger partial charge in [-0.05, 0) is 40.3 Å². The second kappa shape index (κ2) is 7.73. The first-order chi connectivity index (χ1) is 11.8. The van der Waals surface area contributed by atoms with E-state index in [4.69, 9.17) is 21.4 Å². The molecule has 3 aromatic rings. The minimum atomic E-state index is -1.09. The third kappa shape index (κ3) is 4.61. The summed E-state index contributed by atoms with van der Waals surface area (Å²) in [7, 11) is -1.09. The highest BCUT2D eigenvalue weighted by Gasteiger charge is 2.17. The molecule has 0 bridgehead atoms. The van der Waals surface area contributed by atoms with Gasteiger partial charge in [-0.3, -0.25) is 0 Å². The summed E-state index contributed by atoms with van der Waals surface area (Å²) in [6.07, 6.45) is 0. The van der Waals surface area contributed by atoms with Gasteiger partial charge in [-0.15, -0.1) is 0 Å². The molecule has 0 saturated heterocycles. The van der Waals surface area contributed by atoms with Crippen molar-refractivity contribution in [1.82, 2.24) is 14.8 Å². The van der Waals surface area contributed by atoms with Crippen LogP contribution in [0.3, 0.4) is 0 Å². The molecule has 4 nitrogen and oxygen atoms in total. The van der Waals surface area contributed by atoms with Crippen LogP contribution in [0, 0.1) is 3.70 Å². The molecule has 7 heteroatoms. The number of aromatic nitrogens is 3. The van der Waals surface area contributed by atoms with Gasteiger partial charge >= 0.3 is 0 Å².